The second-order valence-electron chi connectivity index (χ2n) is 7.87. The lowest BCUT2D eigenvalue weighted by atomic mass is 9.83. The molecule has 1 unspecified atom stereocenters. The van der Waals surface area contributed by atoms with Gasteiger partial charge in [0.05, 0.1) is 33.5 Å². The number of rotatable bonds is 16. The van der Waals surface area contributed by atoms with Gasteiger partial charge in [-0.15, -0.1) is 0 Å². The molecule has 1 atom stereocenters. The molecule has 0 bridgehead atoms. The topological polar surface area (TPSA) is 126 Å². The van der Waals surface area contributed by atoms with Gasteiger partial charge in [0.2, 0.25) is 0 Å². The number of benzene rings is 1. The molecule has 12 heteroatoms. The molecule has 0 aliphatic carbocycles. The fourth-order valence-electron chi connectivity index (χ4n) is 3.67. The van der Waals surface area contributed by atoms with Crippen LogP contribution in [0, 0.1) is 5.92 Å². The van der Waals surface area contributed by atoms with Gasteiger partial charge < -0.3 is 28.1 Å². The minimum Gasteiger partial charge on any atom is -0.467 e. The van der Waals surface area contributed by atoms with Crippen LogP contribution in [-0.4, -0.2) is 56.4 Å². The smallest absolute Gasteiger partial charge is 0.345 e. The highest BCUT2D eigenvalue weighted by molar-refractivity contribution is 7.72. The second kappa shape index (κ2) is 14.3. The summed E-state index contributed by atoms with van der Waals surface area (Å²) in [4.78, 5) is 26.5. The molecule has 35 heavy (non-hydrogen) atoms. The normalized spacial score (nSPS) is 14.1. The molecule has 0 saturated heterocycles. The molecule has 0 aliphatic heterocycles. The van der Waals surface area contributed by atoms with Crippen molar-refractivity contribution in [3.8, 4) is 0 Å². The highest BCUT2D eigenvalue weighted by atomic mass is 31.2. The fraction of sp³-hybridized carbons (Fsp3) is 0.652. The van der Waals surface area contributed by atoms with E-state index < -0.39 is 50.3 Å². The van der Waals surface area contributed by atoms with Crippen molar-refractivity contribution in [1.82, 2.24) is 5.32 Å². The van der Waals surface area contributed by atoms with Crippen LogP contribution in [0.3, 0.4) is 0 Å². The number of carbonyl (C=O) groups is 2. The summed E-state index contributed by atoms with van der Waals surface area (Å²) in [7, 11) is -7.19. The van der Waals surface area contributed by atoms with Gasteiger partial charge in [0.25, 0.3) is 5.91 Å². The Balaban J connectivity index is 3.78. The molecule has 0 heterocycles. The van der Waals surface area contributed by atoms with E-state index in [9.17, 15) is 18.7 Å². The van der Waals surface area contributed by atoms with E-state index in [4.69, 9.17) is 22.8 Å². The van der Waals surface area contributed by atoms with E-state index in [0.717, 1.165) is 0 Å². The third-order valence-corrected chi connectivity index (χ3v) is 11.4. The number of ether oxygens (including phenoxy) is 1. The van der Waals surface area contributed by atoms with E-state index in [0.29, 0.717) is 5.56 Å². The molecular weight excluding hydrogens is 496 g/mol. The Morgan fingerprint density at radius 1 is 0.857 bits per heavy atom. The first-order valence-electron chi connectivity index (χ1n) is 11.7. The summed E-state index contributed by atoms with van der Waals surface area (Å²) in [5, 5.41) is 1.24. The van der Waals surface area contributed by atoms with Crippen molar-refractivity contribution in [3.05, 3.63) is 35.9 Å². The molecular formula is C23H39NO9P2. The summed E-state index contributed by atoms with van der Waals surface area (Å²) in [5.74, 6) is -1.95. The van der Waals surface area contributed by atoms with Crippen molar-refractivity contribution < 1.29 is 41.6 Å². The summed E-state index contributed by atoms with van der Waals surface area (Å²) >= 11 is 0. The zero-order chi connectivity index (χ0) is 26.7. The van der Waals surface area contributed by atoms with Crippen molar-refractivity contribution in [1.29, 1.82) is 0 Å². The van der Waals surface area contributed by atoms with E-state index in [1.807, 2.05) is 0 Å². The van der Waals surface area contributed by atoms with Crippen LogP contribution in [0.25, 0.3) is 0 Å². The van der Waals surface area contributed by atoms with Gasteiger partial charge in [-0.1, -0.05) is 32.0 Å². The van der Waals surface area contributed by atoms with Crippen LogP contribution < -0.4 is 5.32 Å². The number of carbonyl (C=O) groups excluding carboxylic acids is 2. The molecule has 0 aromatic heterocycles. The highest BCUT2D eigenvalue weighted by Gasteiger charge is 2.58. The lowest BCUT2D eigenvalue weighted by molar-refractivity contribution is -0.150. The number of amides is 1. The third-order valence-electron chi connectivity index (χ3n) is 5.38. The van der Waals surface area contributed by atoms with Crippen molar-refractivity contribution in [3.63, 3.8) is 0 Å². The number of esters is 1. The van der Waals surface area contributed by atoms with E-state index in [2.05, 4.69) is 5.32 Å². The van der Waals surface area contributed by atoms with Gasteiger partial charge in [0.1, 0.15) is 5.54 Å². The summed E-state index contributed by atoms with van der Waals surface area (Å²) in [6, 6.07) is 8.30. The van der Waals surface area contributed by atoms with Crippen LogP contribution in [-0.2, 0) is 36.8 Å². The molecule has 1 aromatic rings. The predicted octanol–water partition coefficient (Wildman–Crippen LogP) is 5.23. The lowest BCUT2D eigenvalue weighted by Crippen LogP contribution is -2.60. The Kier molecular flexibility index (Phi) is 12.8. The molecule has 0 aliphatic rings. The molecule has 200 valence electrons. The first kappa shape index (κ1) is 31.5. The maximum absolute atomic E-state index is 14.0. The van der Waals surface area contributed by atoms with Gasteiger partial charge in [-0.25, -0.2) is 4.79 Å². The zero-order valence-electron chi connectivity index (χ0n) is 21.6. The van der Waals surface area contributed by atoms with Gasteiger partial charge in [0, 0.05) is 12.0 Å². The molecule has 1 rings (SSSR count). The zero-order valence-corrected chi connectivity index (χ0v) is 23.4. The van der Waals surface area contributed by atoms with E-state index in [-0.39, 0.29) is 26.4 Å². The number of methoxy groups -OCH3 is 1. The predicted molar refractivity (Wildman–Crippen MR) is 134 cm³/mol. The molecule has 1 aromatic carbocycles. The molecule has 1 amide bonds. The minimum absolute atomic E-state index is 0.0185. The minimum atomic E-state index is -4.18. The quantitative estimate of drug-likeness (QED) is 0.224. The van der Waals surface area contributed by atoms with E-state index >= 15 is 0 Å². The van der Waals surface area contributed by atoms with Crippen LogP contribution in [0.1, 0.15) is 58.3 Å². The number of hydrogen-bond acceptors (Lipinski definition) is 9. The van der Waals surface area contributed by atoms with E-state index in [1.54, 1.807) is 71.9 Å². The largest absolute Gasteiger partial charge is 0.467 e. The van der Waals surface area contributed by atoms with Crippen molar-refractivity contribution in [2.24, 2.45) is 5.92 Å². The summed E-state index contributed by atoms with van der Waals surface area (Å²) in [6.07, 6.45) is -0.440. The Hall–Kier alpha value is -1.54. The van der Waals surface area contributed by atoms with Gasteiger partial charge in [-0.05, 0) is 45.7 Å². The van der Waals surface area contributed by atoms with Gasteiger partial charge in [-0.3, -0.25) is 13.9 Å². The van der Waals surface area contributed by atoms with Gasteiger partial charge in [0.15, 0.2) is 5.40 Å². The second-order valence-corrected chi connectivity index (χ2v) is 12.7. The first-order valence-corrected chi connectivity index (χ1v) is 15.0. The molecule has 0 radical (unpaired) electrons. The van der Waals surface area contributed by atoms with Crippen LogP contribution in [0.2, 0.25) is 0 Å². The van der Waals surface area contributed by atoms with Crippen LogP contribution in [0.5, 0.6) is 0 Å². The maximum atomic E-state index is 14.0. The van der Waals surface area contributed by atoms with Gasteiger partial charge in [-0.2, -0.15) is 0 Å². The molecule has 1 N–H and O–H groups in total. The molecule has 0 spiro atoms. The van der Waals surface area contributed by atoms with Crippen LogP contribution in [0.15, 0.2) is 30.3 Å². The number of hydrogen-bond donors (Lipinski definition) is 1. The molecule has 0 saturated carbocycles. The molecule has 0 fully saturated rings. The Bertz CT molecular complexity index is 860. The number of nitrogens with one attached hydrogen (secondary N) is 1. The van der Waals surface area contributed by atoms with E-state index in [1.165, 1.54) is 7.11 Å². The van der Waals surface area contributed by atoms with Crippen LogP contribution >= 0.6 is 15.2 Å². The van der Waals surface area contributed by atoms with Crippen molar-refractivity contribution in [2.45, 2.75) is 58.9 Å². The molecule has 10 nitrogen and oxygen atoms in total. The first-order chi connectivity index (χ1) is 16.5. The van der Waals surface area contributed by atoms with Crippen molar-refractivity contribution in [2.75, 3.05) is 33.5 Å². The van der Waals surface area contributed by atoms with Gasteiger partial charge >= 0.3 is 21.2 Å². The van der Waals surface area contributed by atoms with Crippen LogP contribution in [0.4, 0.5) is 0 Å². The summed E-state index contributed by atoms with van der Waals surface area (Å²) in [6.45, 7) is 9.76. The fourth-order valence-corrected chi connectivity index (χ4v) is 9.16. The summed E-state index contributed by atoms with van der Waals surface area (Å²) in [5.41, 5.74) is -1.46. The standard InChI is InChI=1S/C23H39NO9P2/c1-8-30-34(27,31-9-2)20(35(28,32-10-3)33-11-4)17-23(18(5)6,22(26)29-7)24-21(25)19-15-13-12-14-16-19/h12-16,18,20H,8-11,17H2,1-7H3,(H,24,25). The Labute approximate surface area is 208 Å². The SMILES string of the molecule is CCOP(=O)(OCC)C(CC(NC(=O)c1ccccc1)(C(=O)OC)C(C)C)P(=O)(OCC)OCC. The van der Waals surface area contributed by atoms with Crippen molar-refractivity contribution >= 4 is 27.1 Å². The maximum Gasteiger partial charge on any atom is 0.345 e. The lowest BCUT2D eigenvalue weighted by Gasteiger charge is -2.40. The monoisotopic (exact) mass is 535 g/mol. The average Bonchev–Trinajstić information content (AvgIpc) is 2.81. The summed E-state index contributed by atoms with van der Waals surface area (Å²) < 4.78 is 55.3. The highest BCUT2D eigenvalue weighted by Crippen LogP contribution is 2.72. The third kappa shape index (κ3) is 7.72. The average molecular weight is 536 g/mol. The Morgan fingerprint density at radius 3 is 1.63 bits per heavy atom. The Morgan fingerprint density at radius 2 is 1.29 bits per heavy atom.